The van der Waals surface area contributed by atoms with E-state index in [1.54, 1.807) is 43.6 Å². The molecule has 4 amide bonds. The fourth-order valence-electron chi connectivity index (χ4n) is 6.34. The van der Waals surface area contributed by atoms with Gasteiger partial charge in [0.1, 0.15) is 0 Å². The van der Waals surface area contributed by atoms with Gasteiger partial charge in [0, 0.05) is 87.4 Å². The van der Waals surface area contributed by atoms with Gasteiger partial charge in [-0.05, 0) is 38.5 Å². The summed E-state index contributed by atoms with van der Waals surface area (Å²) >= 11 is 0. The number of aromatic nitrogens is 6. The molecule has 20 heteroatoms. The Morgan fingerprint density at radius 3 is 0.957 bits per heavy atom. The molecule has 1 aliphatic carbocycles. The molecule has 4 unspecified atom stereocenters. The van der Waals surface area contributed by atoms with Crippen molar-refractivity contribution in [2.45, 2.75) is 243 Å². The van der Waals surface area contributed by atoms with Crippen LogP contribution in [0.2, 0.25) is 0 Å². The zero-order chi connectivity index (χ0) is 75.3. The highest BCUT2D eigenvalue weighted by molar-refractivity contribution is 6.03. The van der Waals surface area contributed by atoms with Gasteiger partial charge in [0.2, 0.25) is 23.6 Å². The molecule has 20 nitrogen and oxygen atoms in total. The fraction of sp³-hybridized carbons (Fsp3) is 0.676. The van der Waals surface area contributed by atoms with Gasteiger partial charge in [-0.3, -0.25) is 48.4 Å². The number of methoxy groups -OCH3 is 2. The topological polar surface area (TPSA) is 211 Å². The molecule has 1 saturated carbocycles. The van der Waals surface area contributed by atoms with Crippen LogP contribution in [0.4, 0.5) is 0 Å². The summed E-state index contributed by atoms with van der Waals surface area (Å²) in [6.07, 6.45) is 13.1. The van der Waals surface area contributed by atoms with E-state index in [4.69, 9.17) is 0 Å². The molecule has 2 saturated heterocycles. The lowest BCUT2D eigenvalue weighted by atomic mass is 10.1. The van der Waals surface area contributed by atoms with Crippen molar-refractivity contribution in [3.05, 3.63) is 109 Å². The minimum absolute atomic E-state index is 0.0556. The summed E-state index contributed by atoms with van der Waals surface area (Å²) in [4.78, 5) is 45.4. The Kier molecular flexibility index (Phi) is 99.7. The normalized spacial score (nSPS) is 15.3. The minimum atomic E-state index is -0.0949. The Labute approximate surface area is 577 Å². The number of ether oxygens (including phenoxy) is 2. The average Bonchev–Trinajstić information content (AvgIpc) is 1.74. The zero-order valence-corrected chi connectivity index (χ0v) is 66.7. The second-order valence-electron chi connectivity index (χ2n) is 18.5. The van der Waals surface area contributed by atoms with Crippen LogP contribution in [-0.2, 0) is 42.7 Å². The van der Waals surface area contributed by atoms with E-state index in [1.165, 1.54) is 73.2 Å². The van der Waals surface area contributed by atoms with Gasteiger partial charge >= 0.3 is 0 Å². The number of carbonyl (C=O) groups excluding carboxylic acids is 4. The first-order valence-corrected chi connectivity index (χ1v) is 35.1. The van der Waals surface area contributed by atoms with Crippen LogP contribution < -0.4 is 0 Å². The number of rotatable bonds is 3. The fourth-order valence-corrected chi connectivity index (χ4v) is 6.34. The maximum atomic E-state index is 10.8. The first kappa shape index (κ1) is 109. The summed E-state index contributed by atoms with van der Waals surface area (Å²) in [6, 6.07) is 29.6. The molecule has 4 aliphatic heterocycles. The first-order valence-electron chi connectivity index (χ1n) is 35.1. The van der Waals surface area contributed by atoms with Crippen molar-refractivity contribution in [1.82, 2.24) is 49.8 Å². The molecule has 0 radical (unpaired) electrons. The second-order valence-corrected chi connectivity index (χ2v) is 18.5. The maximum absolute atomic E-state index is 10.8. The number of aryl methyl sites for hydroxylation is 4. The Balaban J connectivity index is -0.000000101. The van der Waals surface area contributed by atoms with Crippen molar-refractivity contribution in [3.8, 4) is 0 Å². The highest BCUT2D eigenvalue weighted by Gasteiger charge is 2.33. The monoisotopic (exact) mass is 1330 g/mol. The van der Waals surface area contributed by atoms with Crippen LogP contribution in [0.25, 0.3) is 10.8 Å². The van der Waals surface area contributed by atoms with Crippen molar-refractivity contribution in [2.24, 2.45) is 46.6 Å². The molecule has 0 N–H and O–H groups in total. The Morgan fingerprint density at radius 2 is 0.840 bits per heavy atom. The van der Waals surface area contributed by atoms with Gasteiger partial charge in [-0.15, -0.1) is 10.2 Å². The van der Waals surface area contributed by atoms with Gasteiger partial charge in [-0.2, -0.15) is 10.2 Å². The molecule has 3 aromatic carbocycles. The molecule has 2 aromatic heterocycles. The lowest BCUT2D eigenvalue weighted by Crippen LogP contribution is -2.24. The number of imide groups is 2. The van der Waals surface area contributed by atoms with Crippen LogP contribution in [0.1, 0.15) is 229 Å². The highest BCUT2D eigenvalue weighted by Crippen LogP contribution is 2.17. The summed E-state index contributed by atoms with van der Waals surface area (Å²) in [6.45, 7) is 55.0. The first-order chi connectivity index (χ1) is 45.2. The molecule has 548 valence electrons. The summed E-state index contributed by atoms with van der Waals surface area (Å²) in [5, 5.41) is 36.3. The van der Waals surface area contributed by atoms with Gasteiger partial charge < -0.3 is 9.47 Å². The molecule has 5 aromatic rings. The molecule has 0 bridgehead atoms. The van der Waals surface area contributed by atoms with Crippen LogP contribution in [0.15, 0.2) is 118 Å². The van der Waals surface area contributed by atoms with Gasteiger partial charge in [0.05, 0.1) is 56.0 Å². The lowest BCUT2D eigenvalue weighted by molar-refractivity contribution is -0.139. The van der Waals surface area contributed by atoms with Crippen molar-refractivity contribution >= 4 is 34.4 Å². The van der Waals surface area contributed by atoms with Crippen molar-refractivity contribution in [2.75, 3.05) is 68.7 Å². The number of hydrogen-bond acceptors (Lipinski definition) is 16. The summed E-state index contributed by atoms with van der Waals surface area (Å²) in [5.74, 6) is -0.426. The third-order valence-corrected chi connectivity index (χ3v) is 11.1. The van der Waals surface area contributed by atoms with Gasteiger partial charge in [-0.25, -0.2) is 0 Å². The predicted octanol–water partition coefficient (Wildman–Crippen LogP) is 19.1. The number of hydrogen-bond donors (Lipinski definition) is 0. The molecule has 4 atom stereocenters. The number of likely N-dealkylation sites (N-methyl/N-ethyl adjacent to an activating group) is 2. The van der Waals surface area contributed by atoms with E-state index in [-0.39, 0.29) is 35.5 Å². The standard InChI is InChI=1S/C10H8.2C6H9NO2.C6H6.C5H10.C4H9N3.C4H7N3.C4H9N3.C4H7N3.C4H10O2.C3H8.9C2H6/c1-2-6-10-8-4-3-7-9(10)5-1;2*1-4-3-5(8)7(2)6(4)9;1-2-4-6-5-3-1;1-2-4-5-3-1;2*1-4-3-7(2)6-5-4;2*1-4-3-5-6-7(4)2;1-5-3-4-6-2;1-3-2;9*1-2/h1-8H;2*4H,3H2,1-2H3;1-6H;1-5H2;4H,3H2,1-2H3;3H,1-2H3;4H,3H2,1-2H3;3H,1-2H3;3-4H2,1-2H3;3H2,1-2H3;9*1-2H3. The van der Waals surface area contributed by atoms with Crippen LogP contribution in [0, 0.1) is 25.7 Å². The zero-order valence-electron chi connectivity index (χ0n) is 66.7. The highest BCUT2D eigenvalue weighted by atomic mass is 16.5. The molecule has 10 rings (SSSR count). The summed E-state index contributed by atoms with van der Waals surface area (Å²) < 4.78 is 12.7. The minimum Gasteiger partial charge on any atom is -0.382 e. The maximum Gasteiger partial charge on any atom is 0.232 e. The number of carbonyl (C=O) groups is 4. The van der Waals surface area contributed by atoms with E-state index in [0.717, 1.165) is 24.5 Å². The molecule has 5 aliphatic rings. The Bertz CT molecular complexity index is 2160. The van der Waals surface area contributed by atoms with E-state index >= 15 is 0 Å². The molecule has 3 fully saturated rings. The SMILES string of the molecule is C1CCCC1.CC.CC.CC.CC.CC.CC.CC.CC.CC.CC1CC(=O)N(C)C1=O.CC1CC(=O)N(C)C1=O.CC1CN(C)N=N1.CC1CN=NN1C.CCC.COCCOC.Cc1cn(C)nn1.Cc1cnnn1C.c1ccc2ccccc2c1.c1ccccc1. The van der Waals surface area contributed by atoms with E-state index < -0.39 is 0 Å². The largest absolute Gasteiger partial charge is 0.382 e. The molecule has 94 heavy (non-hydrogen) atoms. The second kappa shape index (κ2) is 86.2. The van der Waals surface area contributed by atoms with Crippen LogP contribution >= 0.6 is 0 Å². The van der Waals surface area contributed by atoms with Gasteiger partial charge in [0.25, 0.3) is 0 Å². The van der Waals surface area contributed by atoms with Crippen molar-refractivity contribution in [3.63, 3.8) is 0 Å². The number of likely N-dealkylation sites (tertiary alicyclic amines) is 2. The molecule has 0 spiro atoms. The summed E-state index contributed by atoms with van der Waals surface area (Å²) in [5.41, 5.74) is 2.04. The van der Waals surface area contributed by atoms with Gasteiger partial charge in [0.15, 0.2) is 0 Å². The number of amides is 4. The van der Waals surface area contributed by atoms with E-state index in [2.05, 4.69) is 120 Å². The van der Waals surface area contributed by atoms with Crippen LogP contribution in [-0.4, -0.2) is 154 Å². The van der Waals surface area contributed by atoms with Gasteiger partial charge in [-0.1, -0.05) is 297 Å². The third kappa shape index (κ3) is 66.6. The van der Waals surface area contributed by atoms with E-state index in [1.807, 2.05) is 226 Å². The Hall–Kier alpha value is -6.80. The number of nitrogens with zero attached hydrogens (tertiary/aromatic N) is 14. The van der Waals surface area contributed by atoms with Crippen LogP contribution in [0.5, 0.6) is 0 Å². The third-order valence-electron chi connectivity index (χ3n) is 11.1. The number of fused-ring (bicyclic) bond motifs is 1. The van der Waals surface area contributed by atoms with E-state index in [0.29, 0.717) is 38.1 Å². The molecular weight excluding hydrogens is 1180 g/mol. The lowest BCUT2D eigenvalue weighted by Gasteiger charge is -2.08. The Morgan fingerprint density at radius 1 is 0.500 bits per heavy atom. The average molecular weight is 1330 g/mol. The van der Waals surface area contributed by atoms with Crippen molar-refractivity contribution in [1.29, 1.82) is 0 Å². The molecular formula is C74H146N14O6. The van der Waals surface area contributed by atoms with Crippen LogP contribution in [0.3, 0.4) is 0 Å². The predicted molar refractivity (Wildman–Crippen MR) is 404 cm³/mol. The van der Waals surface area contributed by atoms with E-state index in [9.17, 15) is 19.2 Å². The number of benzene rings is 3. The quantitative estimate of drug-likeness (QED) is 0.122. The smallest absolute Gasteiger partial charge is 0.232 e. The van der Waals surface area contributed by atoms with Crippen molar-refractivity contribution < 1.29 is 28.7 Å². The molecule has 6 heterocycles. The summed E-state index contributed by atoms with van der Waals surface area (Å²) in [7, 11) is 13.9.